The Kier molecular flexibility index (Phi) is 3.27. The molecule has 0 saturated carbocycles. The first-order chi connectivity index (χ1) is 8.20. The molecule has 2 N–H and O–H groups in total. The van der Waals surface area contributed by atoms with E-state index in [0.717, 1.165) is 16.7 Å². The van der Waals surface area contributed by atoms with Crippen molar-refractivity contribution in [1.29, 1.82) is 0 Å². The van der Waals surface area contributed by atoms with Gasteiger partial charge in [0.05, 0.1) is 0 Å². The molecule has 2 nitrogen and oxygen atoms in total. The molecule has 1 aliphatic rings. The molecule has 1 aromatic rings. The van der Waals surface area contributed by atoms with Gasteiger partial charge < -0.3 is 10.2 Å². The van der Waals surface area contributed by atoms with Gasteiger partial charge in [0.1, 0.15) is 12.2 Å². The van der Waals surface area contributed by atoms with Crippen molar-refractivity contribution < 1.29 is 10.2 Å². The van der Waals surface area contributed by atoms with Crippen molar-refractivity contribution in [2.24, 2.45) is 0 Å². The zero-order valence-corrected chi connectivity index (χ0v) is 9.80. The maximum Gasteiger partial charge on any atom is 0.110 e. The molecule has 2 heteroatoms. The normalized spacial score (nSPS) is 28.2. The number of allylic oxidation sites excluding steroid dienone is 3. The van der Waals surface area contributed by atoms with Gasteiger partial charge in [0.25, 0.3) is 0 Å². The van der Waals surface area contributed by atoms with Crippen LogP contribution < -0.4 is 0 Å². The number of fused-ring (bicyclic) bond motifs is 1. The van der Waals surface area contributed by atoms with Crippen LogP contribution in [0.1, 0.15) is 24.2 Å². The summed E-state index contributed by atoms with van der Waals surface area (Å²) in [5.74, 6) is 0. The van der Waals surface area contributed by atoms with Gasteiger partial charge in [0, 0.05) is 0 Å². The quantitative estimate of drug-likeness (QED) is 0.775. The number of aliphatic hydroxyl groups excluding tert-OH is 2. The number of hydrogen-bond donors (Lipinski definition) is 2. The maximum atomic E-state index is 10.1. The molecule has 2 rings (SSSR count). The second-order valence-corrected chi connectivity index (χ2v) is 4.04. The average molecular weight is 228 g/mol. The molecule has 88 valence electrons. The fourth-order valence-corrected chi connectivity index (χ4v) is 2.29. The van der Waals surface area contributed by atoms with Gasteiger partial charge in [-0.1, -0.05) is 49.1 Å². The zero-order chi connectivity index (χ0) is 12.4. The van der Waals surface area contributed by atoms with Crippen molar-refractivity contribution in [2.45, 2.75) is 19.1 Å². The topological polar surface area (TPSA) is 40.5 Å². The highest BCUT2D eigenvalue weighted by molar-refractivity contribution is 5.84. The highest BCUT2D eigenvalue weighted by atomic mass is 16.3. The minimum absolute atomic E-state index is 0.716. The van der Waals surface area contributed by atoms with E-state index < -0.39 is 12.2 Å². The maximum absolute atomic E-state index is 10.1. The van der Waals surface area contributed by atoms with E-state index >= 15 is 0 Å². The Morgan fingerprint density at radius 3 is 2.53 bits per heavy atom. The Morgan fingerprint density at radius 1 is 1.18 bits per heavy atom. The molecule has 0 heterocycles. The lowest BCUT2D eigenvalue weighted by molar-refractivity contribution is 0.0412. The number of benzene rings is 1. The largest absolute Gasteiger partial charge is 0.385 e. The minimum Gasteiger partial charge on any atom is -0.385 e. The number of rotatable bonds is 1. The number of aliphatic hydroxyl groups is 2. The van der Waals surface area contributed by atoms with Gasteiger partial charge in [-0.15, -0.1) is 0 Å². The molecule has 0 aliphatic heterocycles. The van der Waals surface area contributed by atoms with Crippen LogP contribution in [0.4, 0.5) is 0 Å². The molecule has 1 aromatic carbocycles. The van der Waals surface area contributed by atoms with Crippen LogP contribution in [0.3, 0.4) is 0 Å². The van der Waals surface area contributed by atoms with Crippen molar-refractivity contribution >= 4 is 5.57 Å². The van der Waals surface area contributed by atoms with Gasteiger partial charge in [-0.25, -0.2) is 0 Å². The Hall–Kier alpha value is -1.64. The summed E-state index contributed by atoms with van der Waals surface area (Å²) < 4.78 is 0. The molecule has 0 radical (unpaired) electrons. The van der Waals surface area contributed by atoms with Gasteiger partial charge in [-0.3, -0.25) is 0 Å². The van der Waals surface area contributed by atoms with Crippen LogP contribution in [-0.4, -0.2) is 16.3 Å². The summed E-state index contributed by atoms with van der Waals surface area (Å²) in [4.78, 5) is 0. The SMILES string of the molecule is C=CC=C1C(=CC)c2ccccc2C(O)C1O. The molecule has 0 spiro atoms. The van der Waals surface area contributed by atoms with Crippen molar-refractivity contribution in [1.82, 2.24) is 0 Å². The molecule has 0 bridgehead atoms. The Morgan fingerprint density at radius 2 is 1.88 bits per heavy atom. The van der Waals surface area contributed by atoms with Gasteiger partial charge in [-0.05, 0) is 29.2 Å². The first-order valence-electron chi connectivity index (χ1n) is 5.65. The van der Waals surface area contributed by atoms with Gasteiger partial charge in [0.15, 0.2) is 0 Å². The lowest BCUT2D eigenvalue weighted by Gasteiger charge is -2.31. The highest BCUT2D eigenvalue weighted by Gasteiger charge is 2.32. The summed E-state index contributed by atoms with van der Waals surface area (Å²) in [6, 6.07) is 7.59. The lowest BCUT2D eigenvalue weighted by Crippen LogP contribution is -2.27. The van der Waals surface area contributed by atoms with E-state index in [1.54, 1.807) is 12.2 Å². The molecule has 2 atom stereocenters. The third kappa shape index (κ3) is 1.86. The summed E-state index contributed by atoms with van der Waals surface area (Å²) >= 11 is 0. The summed E-state index contributed by atoms with van der Waals surface area (Å²) in [6.45, 7) is 5.57. The van der Waals surface area contributed by atoms with Crippen LogP contribution in [0.5, 0.6) is 0 Å². The fraction of sp³-hybridized carbons (Fsp3) is 0.200. The second kappa shape index (κ2) is 4.70. The van der Waals surface area contributed by atoms with Crippen molar-refractivity contribution in [3.8, 4) is 0 Å². The zero-order valence-electron chi connectivity index (χ0n) is 9.80. The van der Waals surface area contributed by atoms with Crippen LogP contribution in [-0.2, 0) is 0 Å². The first-order valence-corrected chi connectivity index (χ1v) is 5.65. The van der Waals surface area contributed by atoms with Crippen LogP contribution >= 0.6 is 0 Å². The highest BCUT2D eigenvalue weighted by Crippen LogP contribution is 2.40. The smallest absolute Gasteiger partial charge is 0.110 e. The van der Waals surface area contributed by atoms with Crippen LogP contribution in [0, 0.1) is 0 Å². The molecule has 0 fully saturated rings. The van der Waals surface area contributed by atoms with E-state index in [2.05, 4.69) is 6.58 Å². The van der Waals surface area contributed by atoms with Gasteiger partial charge in [0.2, 0.25) is 0 Å². The lowest BCUT2D eigenvalue weighted by atomic mass is 9.79. The second-order valence-electron chi connectivity index (χ2n) is 4.04. The van der Waals surface area contributed by atoms with E-state index in [0.29, 0.717) is 5.57 Å². The standard InChI is InChI=1S/C15H16O2/c1-3-7-12-10(4-2)11-8-5-6-9-13(11)15(17)14(12)16/h3-9,14-17H,1H2,2H3. The monoisotopic (exact) mass is 228 g/mol. The Balaban J connectivity index is 2.67. The van der Waals surface area contributed by atoms with Crippen molar-refractivity contribution in [3.05, 3.63) is 65.8 Å². The van der Waals surface area contributed by atoms with Gasteiger partial charge in [-0.2, -0.15) is 0 Å². The predicted molar refractivity (Wildman–Crippen MR) is 69.3 cm³/mol. The minimum atomic E-state index is -0.894. The van der Waals surface area contributed by atoms with Crippen molar-refractivity contribution in [3.63, 3.8) is 0 Å². The fourth-order valence-electron chi connectivity index (χ4n) is 2.29. The third-order valence-corrected chi connectivity index (χ3v) is 3.08. The summed E-state index contributed by atoms with van der Waals surface area (Å²) in [7, 11) is 0. The molecule has 17 heavy (non-hydrogen) atoms. The van der Waals surface area contributed by atoms with E-state index in [-0.39, 0.29) is 0 Å². The van der Waals surface area contributed by atoms with E-state index in [4.69, 9.17) is 0 Å². The Bertz CT molecular complexity index is 497. The van der Waals surface area contributed by atoms with Gasteiger partial charge >= 0.3 is 0 Å². The Labute approximate surface area is 101 Å². The summed E-state index contributed by atoms with van der Waals surface area (Å²) in [5.41, 5.74) is 3.42. The molecule has 0 saturated heterocycles. The van der Waals surface area contributed by atoms with Crippen LogP contribution in [0.2, 0.25) is 0 Å². The molecular formula is C15H16O2. The van der Waals surface area contributed by atoms with Crippen LogP contribution in [0.15, 0.2) is 54.6 Å². The molecule has 1 aliphatic carbocycles. The first kappa shape index (κ1) is 11.8. The van der Waals surface area contributed by atoms with E-state index in [1.165, 1.54) is 0 Å². The summed E-state index contributed by atoms with van der Waals surface area (Å²) in [6.07, 6.45) is 3.56. The molecule has 0 amide bonds. The third-order valence-electron chi connectivity index (χ3n) is 3.08. The molecule has 0 aromatic heterocycles. The average Bonchev–Trinajstić information content (AvgIpc) is 2.36. The predicted octanol–water partition coefficient (Wildman–Crippen LogP) is 2.61. The number of hydrogen-bond acceptors (Lipinski definition) is 2. The van der Waals surface area contributed by atoms with E-state index in [1.807, 2.05) is 37.3 Å². The molecular weight excluding hydrogens is 212 g/mol. The molecule has 2 unspecified atom stereocenters. The summed E-state index contributed by atoms with van der Waals surface area (Å²) in [5, 5.41) is 20.2. The van der Waals surface area contributed by atoms with Crippen molar-refractivity contribution in [2.75, 3.05) is 0 Å². The van der Waals surface area contributed by atoms with Crippen LogP contribution in [0.25, 0.3) is 5.57 Å². The van der Waals surface area contributed by atoms with E-state index in [9.17, 15) is 10.2 Å².